The summed E-state index contributed by atoms with van der Waals surface area (Å²) in [6.45, 7) is 12.9. The largest absolute Gasteiger partial charge is 2.00 e. The molecule has 12 rings (SSSR count). The molecule has 0 saturated carbocycles. The van der Waals surface area contributed by atoms with Crippen molar-refractivity contribution < 1.29 is 53.0 Å². The Morgan fingerprint density at radius 2 is 0.653 bits per heavy atom. The summed E-state index contributed by atoms with van der Waals surface area (Å²) in [5.74, 6) is -0.0128. The molecule has 0 radical (unpaired) electrons. The molecule has 0 unspecified atom stereocenters. The minimum absolute atomic E-state index is 0. The van der Waals surface area contributed by atoms with Crippen LogP contribution in [0.15, 0.2) is 303 Å². The molecule has 0 amide bonds. The molecule has 0 bridgehead atoms. The number of hydrogen-bond acceptors (Lipinski definition) is 6. The van der Waals surface area contributed by atoms with Crippen molar-refractivity contribution in [3.05, 3.63) is 354 Å². The minimum atomic E-state index is -0.483. The maximum atomic E-state index is 9.15. The fourth-order valence-electron chi connectivity index (χ4n) is 9.08. The summed E-state index contributed by atoms with van der Waals surface area (Å²) in [6.07, 6.45) is 2.71. The van der Waals surface area contributed by atoms with Gasteiger partial charge in [0.2, 0.25) is 0 Å². The van der Waals surface area contributed by atoms with Crippen molar-refractivity contribution in [2.24, 2.45) is 0 Å². The van der Waals surface area contributed by atoms with Gasteiger partial charge in [0, 0.05) is 0 Å². The zero-order chi connectivity index (χ0) is 65.3. The molecule has 478 valence electrons. The van der Waals surface area contributed by atoms with Crippen LogP contribution in [-0.4, -0.2) is 20.9 Å². The fraction of sp³-hybridized carbons (Fsp3) is 0.0875. The number of alkyl halides is 2. The maximum Gasteiger partial charge on any atom is 2.00 e. The number of tetrazole rings is 1. The minimum Gasteiger partial charge on any atom is -1.00 e. The van der Waals surface area contributed by atoms with E-state index in [9.17, 15) is 0 Å². The van der Waals surface area contributed by atoms with Gasteiger partial charge in [0.05, 0.1) is 23.1 Å². The zero-order valence-electron chi connectivity index (χ0n) is 53.3. The summed E-state index contributed by atoms with van der Waals surface area (Å²) in [6, 6.07) is 110. The van der Waals surface area contributed by atoms with Gasteiger partial charge in [0.1, 0.15) is 0 Å². The molecule has 0 aliphatic rings. The quantitative estimate of drug-likeness (QED) is 0.0298. The molecule has 0 aliphatic heterocycles. The Balaban J connectivity index is 0.000000256. The molecule has 1 heterocycles. The number of rotatable bonds is 12. The summed E-state index contributed by atoms with van der Waals surface area (Å²) in [4.78, 5) is 0. The van der Waals surface area contributed by atoms with Crippen LogP contribution in [0.25, 0.3) is 11.1 Å². The Bertz CT molecular complexity index is 3790. The van der Waals surface area contributed by atoms with E-state index in [1.807, 2.05) is 36.4 Å². The van der Waals surface area contributed by atoms with Gasteiger partial charge in [-0.25, -0.2) is 27.9 Å². The molecule has 7 nitrogen and oxygen atoms in total. The number of hydrogen-bond donors (Lipinski definition) is 0. The SMILES string of the molecule is Cc1ccc(P(c2ccc(C)cc2)c2ccc(C)cc2)cc1.Cc1ccc(P(c2ccc(C)cc2)c2ccc(C)cc2)cc1.ClCCl.N#CC(=[C-]C(=C(C#N)C#N)c1ccccc1)c1nnn[n-]1.[Cl-].[Pt+2].[Ru+2].c1cc[cH-]c1.c1ccc(P(c2ccccc2)c2ccccc2)cc1. The van der Waals surface area contributed by atoms with Gasteiger partial charge in [-0.3, -0.25) is 5.21 Å². The van der Waals surface area contributed by atoms with E-state index in [1.165, 1.54) is 81.1 Å². The third-order valence-corrected chi connectivity index (χ3v) is 21.1. The molecule has 12 aromatic rings. The predicted octanol–water partition coefficient (Wildman–Crippen LogP) is 13.1. The third kappa shape index (κ3) is 25.6. The molecule has 11 aromatic carbocycles. The van der Waals surface area contributed by atoms with E-state index in [0.29, 0.717) is 5.56 Å². The number of nitrogens with zero attached hydrogens (tertiary/aromatic N) is 7. The molecule has 95 heavy (non-hydrogen) atoms. The van der Waals surface area contributed by atoms with Gasteiger partial charge < -0.3 is 22.6 Å². The summed E-state index contributed by atoms with van der Waals surface area (Å²) < 4.78 is 0. The van der Waals surface area contributed by atoms with E-state index in [2.05, 4.69) is 305 Å². The van der Waals surface area contributed by atoms with Crippen LogP contribution in [0, 0.1) is 81.6 Å². The monoisotopic (exact) mass is 1620 g/mol. The van der Waals surface area contributed by atoms with Gasteiger partial charge in [-0.2, -0.15) is 23.4 Å². The van der Waals surface area contributed by atoms with Crippen LogP contribution in [0.5, 0.6) is 0 Å². The Morgan fingerprint density at radius 1 is 0.400 bits per heavy atom. The number of allylic oxidation sites excluding steroid dienone is 4. The molecule has 0 N–H and O–H groups in total. The van der Waals surface area contributed by atoms with Crippen LogP contribution in [0.1, 0.15) is 44.8 Å². The van der Waals surface area contributed by atoms with Gasteiger partial charge in [-0.05, 0) is 131 Å². The summed E-state index contributed by atoms with van der Waals surface area (Å²) in [5.41, 5.74) is 8.43. The van der Waals surface area contributed by atoms with Crippen LogP contribution in [-0.2, 0) is 40.5 Å². The molecule has 0 aliphatic carbocycles. The Hall–Kier alpha value is -7.96. The third-order valence-electron chi connectivity index (χ3n) is 13.8. The Kier molecular flexibility index (Phi) is 36.7. The summed E-state index contributed by atoms with van der Waals surface area (Å²) in [5, 5.41) is 53.8. The van der Waals surface area contributed by atoms with E-state index >= 15 is 0 Å². The molecular weight excluding hydrogens is 1550 g/mol. The van der Waals surface area contributed by atoms with Gasteiger partial charge in [0.15, 0.2) is 0 Å². The van der Waals surface area contributed by atoms with Crippen molar-refractivity contribution >= 4 is 106 Å². The molecular formula is C80H69Cl3N7P3PtRu. The van der Waals surface area contributed by atoms with Crippen molar-refractivity contribution in [1.82, 2.24) is 20.6 Å². The van der Waals surface area contributed by atoms with Gasteiger partial charge in [0.25, 0.3) is 0 Å². The molecule has 0 spiro atoms. The summed E-state index contributed by atoms with van der Waals surface area (Å²) in [7, 11) is -1.41. The van der Waals surface area contributed by atoms with Gasteiger partial charge in [-0.15, -0.1) is 29.3 Å². The molecule has 15 heteroatoms. The molecule has 0 atom stereocenters. The first-order chi connectivity index (χ1) is 44.9. The van der Waals surface area contributed by atoms with Gasteiger partial charge in [-0.1, -0.05) is 311 Å². The van der Waals surface area contributed by atoms with E-state index in [1.54, 1.807) is 42.5 Å². The maximum absolute atomic E-state index is 9.15. The number of benzene rings is 10. The second kappa shape index (κ2) is 43.9. The molecule has 0 fully saturated rings. The van der Waals surface area contributed by atoms with Crippen molar-refractivity contribution in [2.75, 3.05) is 5.34 Å². The van der Waals surface area contributed by atoms with Gasteiger partial charge >= 0.3 is 40.5 Å². The average molecular weight is 1620 g/mol. The first-order valence-electron chi connectivity index (χ1n) is 29.5. The van der Waals surface area contributed by atoms with Crippen LogP contribution < -0.4 is 65.2 Å². The number of aromatic nitrogens is 4. The van der Waals surface area contributed by atoms with Crippen LogP contribution in [0.4, 0.5) is 0 Å². The predicted molar refractivity (Wildman–Crippen MR) is 392 cm³/mol. The van der Waals surface area contributed by atoms with E-state index in [-0.39, 0.29) is 80.8 Å². The van der Waals surface area contributed by atoms with Crippen LogP contribution in [0.2, 0.25) is 0 Å². The van der Waals surface area contributed by atoms with E-state index in [0.717, 1.165) is 0 Å². The van der Waals surface area contributed by atoms with Crippen molar-refractivity contribution in [3.8, 4) is 18.2 Å². The Labute approximate surface area is 608 Å². The average Bonchev–Trinajstić information content (AvgIpc) is 1.10. The van der Waals surface area contributed by atoms with Crippen molar-refractivity contribution in [2.45, 2.75) is 41.5 Å². The second-order valence-corrected chi connectivity index (χ2v) is 28.2. The first-order valence-corrected chi connectivity index (χ1v) is 34.6. The normalized spacial score (nSPS) is 10.0. The number of halogens is 3. The van der Waals surface area contributed by atoms with Crippen LogP contribution in [0.3, 0.4) is 0 Å². The second-order valence-electron chi connectivity index (χ2n) is 20.7. The topological polar surface area (TPSA) is 124 Å². The van der Waals surface area contributed by atoms with E-state index < -0.39 is 23.8 Å². The molecule has 1 aromatic heterocycles. The molecule has 0 saturated heterocycles. The zero-order valence-corrected chi connectivity index (χ0v) is 62.2. The number of aryl methyl sites for hydroxylation is 6. The van der Waals surface area contributed by atoms with Crippen molar-refractivity contribution in [1.29, 1.82) is 15.8 Å². The van der Waals surface area contributed by atoms with E-state index in [4.69, 9.17) is 39.0 Å². The standard InChI is InChI=1S/2C21H21P.C18H15P.C14H5N7.C5H5.CH2Cl2.ClH.Pt.Ru/c2*1-16-4-10-19(11-5-16)22(20-12-6-17(2)7-13-20)21-14-8-18(3)9-15-21;1-4-10-16(11-5-1)19(17-12-6-2-7-13-17)18-14-8-3-9-15-18;15-7-11(14-18-20-21-19-14)6-13(12(8-16)9-17)10-4-2-1-3-5-10;1-2-4-5-3-1;2-1-3;;;/h2*4-15H,1-3H3;1-15H;1-5H;1-5H;1H2;1H;;/q;;;-2;-1;;;2*+2/p-1. The Morgan fingerprint density at radius 3 is 0.863 bits per heavy atom. The van der Waals surface area contributed by atoms with Crippen LogP contribution >= 0.6 is 47.0 Å². The number of nitriles is 3. The smallest absolute Gasteiger partial charge is 1.00 e. The fourth-order valence-corrected chi connectivity index (χ4v) is 15.9. The first kappa shape index (κ1) is 79.5. The van der Waals surface area contributed by atoms with Crippen molar-refractivity contribution in [3.63, 3.8) is 0 Å². The summed E-state index contributed by atoms with van der Waals surface area (Å²) >= 11 is 9.53.